The summed E-state index contributed by atoms with van der Waals surface area (Å²) in [6.45, 7) is 0.471. The Bertz CT molecular complexity index is 1200. The van der Waals surface area contributed by atoms with Crippen molar-refractivity contribution < 1.29 is 18.7 Å². The first-order valence-corrected chi connectivity index (χ1v) is 13.3. The fourth-order valence-corrected chi connectivity index (χ4v) is 4.68. The van der Waals surface area contributed by atoms with E-state index >= 15 is 0 Å². The van der Waals surface area contributed by atoms with Gasteiger partial charge in [-0.3, -0.25) is 9.59 Å². The second kappa shape index (κ2) is 14.1. The first-order valence-electron chi connectivity index (χ1n) is 13.3. The van der Waals surface area contributed by atoms with Crippen molar-refractivity contribution in [1.82, 2.24) is 10.2 Å². The van der Waals surface area contributed by atoms with Gasteiger partial charge in [0.05, 0.1) is 0 Å². The van der Waals surface area contributed by atoms with Crippen LogP contribution < -0.4 is 10.1 Å². The molecule has 1 unspecified atom stereocenters. The Morgan fingerprint density at radius 3 is 2.29 bits per heavy atom. The van der Waals surface area contributed by atoms with Crippen LogP contribution in [0.15, 0.2) is 96.6 Å². The van der Waals surface area contributed by atoms with E-state index in [9.17, 15) is 14.0 Å². The standard InChI is InChI=1S/C32H35FN2O3/c33-28-18-16-27(17-19-28)23-35(31(36)24-38-29-14-8-3-9-15-29)30(22-26-12-6-2-7-13-26)32(37)34-21-20-25-10-4-1-5-11-25/h2-3,6-10,12-19,30H,1,4-5,11,20-24H2,(H,34,37). The number of para-hydroxylation sites is 1. The molecule has 0 radical (unpaired) electrons. The average Bonchev–Trinajstić information content (AvgIpc) is 2.96. The highest BCUT2D eigenvalue weighted by Gasteiger charge is 2.30. The third kappa shape index (κ3) is 8.30. The summed E-state index contributed by atoms with van der Waals surface area (Å²) in [4.78, 5) is 28.8. The van der Waals surface area contributed by atoms with E-state index in [1.165, 1.54) is 30.5 Å². The number of nitrogens with zero attached hydrogens (tertiary/aromatic N) is 1. The van der Waals surface area contributed by atoms with E-state index in [0.29, 0.717) is 18.7 Å². The van der Waals surface area contributed by atoms with Gasteiger partial charge in [0.15, 0.2) is 6.61 Å². The molecule has 0 aromatic heterocycles. The van der Waals surface area contributed by atoms with Crippen LogP contribution in [-0.4, -0.2) is 35.9 Å². The molecule has 1 atom stereocenters. The molecule has 0 heterocycles. The van der Waals surface area contributed by atoms with Crippen LogP contribution in [-0.2, 0) is 22.6 Å². The zero-order valence-corrected chi connectivity index (χ0v) is 21.7. The highest BCUT2D eigenvalue weighted by molar-refractivity contribution is 5.88. The van der Waals surface area contributed by atoms with Crippen molar-refractivity contribution in [3.05, 3.63) is 114 Å². The quantitative estimate of drug-likeness (QED) is 0.309. The molecule has 198 valence electrons. The van der Waals surface area contributed by atoms with E-state index < -0.39 is 6.04 Å². The van der Waals surface area contributed by atoms with Crippen LogP contribution in [0.1, 0.15) is 43.2 Å². The molecule has 6 heteroatoms. The topological polar surface area (TPSA) is 58.6 Å². The number of carbonyl (C=O) groups is 2. The smallest absolute Gasteiger partial charge is 0.261 e. The summed E-state index contributed by atoms with van der Waals surface area (Å²) in [6.07, 6.45) is 8.04. The van der Waals surface area contributed by atoms with Gasteiger partial charge in [-0.2, -0.15) is 0 Å². The summed E-state index contributed by atoms with van der Waals surface area (Å²) in [6, 6.07) is 24.0. The molecule has 1 N–H and O–H groups in total. The van der Waals surface area contributed by atoms with Gasteiger partial charge in [0.2, 0.25) is 5.91 Å². The van der Waals surface area contributed by atoms with Gasteiger partial charge in [0, 0.05) is 19.5 Å². The molecule has 3 aromatic carbocycles. The van der Waals surface area contributed by atoms with Gasteiger partial charge in [0.1, 0.15) is 17.6 Å². The average molecular weight is 515 g/mol. The number of nitrogens with one attached hydrogen (secondary N) is 1. The fourth-order valence-electron chi connectivity index (χ4n) is 4.68. The summed E-state index contributed by atoms with van der Waals surface area (Å²) in [5, 5.41) is 3.08. The molecule has 0 saturated heterocycles. The maximum absolute atomic E-state index is 13.6. The largest absolute Gasteiger partial charge is 0.484 e. The van der Waals surface area contributed by atoms with Crippen molar-refractivity contribution in [2.75, 3.05) is 13.2 Å². The Morgan fingerprint density at radius 1 is 0.895 bits per heavy atom. The number of hydrogen-bond acceptors (Lipinski definition) is 3. The molecule has 0 aliphatic heterocycles. The molecule has 3 aromatic rings. The lowest BCUT2D eigenvalue weighted by Gasteiger charge is -2.31. The number of allylic oxidation sites excluding steroid dienone is 1. The lowest BCUT2D eigenvalue weighted by atomic mass is 9.97. The van der Waals surface area contributed by atoms with Crippen LogP contribution in [0.5, 0.6) is 5.75 Å². The number of benzene rings is 3. The number of carbonyl (C=O) groups excluding carboxylic acids is 2. The minimum atomic E-state index is -0.755. The van der Waals surface area contributed by atoms with Gasteiger partial charge in [-0.05, 0) is 67.5 Å². The number of ether oxygens (including phenoxy) is 1. The maximum atomic E-state index is 13.6. The molecule has 4 rings (SSSR count). The molecular weight excluding hydrogens is 479 g/mol. The Labute approximate surface area is 224 Å². The predicted molar refractivity (Wildman–Crippen MR) is 147 cm³/mol. The SMILES string of the molecule is O=C(NCCC1=CCCCC1)C(Cc1ccccc1)N(Cc1ccc(F)cc1)C(=O)COc1ccccc1. The second-order valence-corrected chi connectivity index (χ2v) is 9.60. The van der Waals surface area contributed by atoms with Gasteiger partial charge in [-0.1, -0.05) is 72.3 Å². The summed E-state index contributed by atoms with van der Waals surface area (Å²) >= 11 is 0. The molecule has 0 saturated carbocycles. The lowest BCUT2D eigenvalue weighted by molar-refractivity contribution is -0.142. The van der Waals surface area contributed by atoms with E-state index in [4.69, 9.17) is 4.74 Å². The Balaban J connectivity index is 1.55. The normalized spacial score (nSPS) is 13.8. The monoisotopic (exact) mass is 514 g/mol. The van der Waals surface area contributed by atoms with Crippen molar-refractivity contribution in [1.29, 1.82) is 0 Å². The predicted octanol–water partition coefficient (Wildman–Crippen LogP) is 5.85. The Morgan fingerprint density at radius 2 is 1.61 bits per heavy atom. The molecular formula is C32H35FN2O3. The Kier molecular flexibility index (Phi) is 10.1. The van der Waals surface area contributed by atoms with E-state index in [0.717, 1.165) is 30.4 Å². The van der Waals surface area contributed by atoms with Gasteiger partial charge in [-0.25, -0.2) is 4.39 Å². The summed E-state index contributed by atoms with van der Waals surface area (Å²) in [5.41, 5.74) is 3.06. The number of rotatable bonds is 12. The zero-order valence-electron chi connectivity index (χ0n) is 21.7. The van der Waals surface area contributed by atoms with Crippen LogP contribution >= 0.6 is 0 Å². The molecule has 1 aliphatic carbocycles. The van der Waals surface area contributed by atoms with E-state index in [2.05, 4.69) is 11.4 Å². The van der Waals surface area contributed by atoms with Gasteiger partial charge >= 0.3 is 0 Å². The molecule has 38 heavy (non-hydrogen) atoms. The zero-order chi connectivity index (χ0) is 26.6. The van der Waals surface area contributed by atoms with Crippen molar-refractivity contribution >= 4 is 11.8 Å². The molecule has 0 fully saturated rings. The van der Waals surface area contributed by atoms with Crippen molar-refractivity contribution in [3.63, 3.8) is 0 Å². The van der Waals surface area contributed by atoms with Crippen LogP contribution in [0, 0.1) is 5.82 Å². The molecule has 0 spiro atoms. The van der Waals surface area contributed by atoms with Crippen molar-refractivity contribution in [2.24, 2.45) is 0 Å². The third-order valence-electron chi connectivity index (χ3n) is 6.77. The minimum Gasteiger partial charge on any atom is -0.484 e. The second-order valence-electron chi connectivity index (χ2n) is 9.60. The first kappa shape index (κ1) is 27.1. The first-order chi connectivity index (χ1) is 18.6. The van der Waals surface area contributed by atoms with E-state index in [-0.39, 0.29) is 30.8 Å². The van der Waals surface area contributed by atoms with Crippen molar-refractivity contribution in [3.8, 4) is 5.75 Å². The summed E-state index contributed by atoms with van der Waals surface area (Å²) < 4.78 is 19.3. The highest BCUT2D eigenvalue weighted by atomic mass is 19.1. The molecule has 2 amide bonds. The third-order valence-corrected chi connectivity index (χ3v) is 6.77. The number of hydrogen-bond donors (Lipinski definition) is 1. The lowest BCUT2D eigenvalue weighted by Crippen LogP contribution is -2.51. The van der Waals surface area contributed by atoms with E-state index in [1.807, 2.05) is 48.5 Å². The van der Waals surface area contributed by atoms with Crippen LogP contribution in [0.2, 0.25) is 0 Å². The summed E-state index contributed by atoms with van der Waals surface area (Å²) in [7, 11) is 0. The maximum Gasteiger partial charge on any atom is 0.261 e. The number of halogens is 1. The number of amides is 2. The van der Waals surface area contributed by atoms with Crippen LogP contribution in [0.4, 0.5) is 4.39 Å². The van der Waals surface area contributed by atoms with Gasteiger partial charge < -0.3 is 15.0 Å². The van der Waals surface area contributed by atoms with Gasteiger partial charge in [0.25, 0.3) is 5.91 Å². The molecule has 0 bridgehead atoms. The molecule has 1 aliphatic rings. The summed E-state index contributed by atoms with van der Waals surface area (Å²) in [5.74, 6) is -0.299. The van der Waals surface area contributed by atoms with Gasteiger partial charge in [-0.15, -0.1) is 0 Å². The van der Waals surface area contributed by atoms with Crippen LogP contribution in [0.3, 0.4) is 0 Å². The Hall–Kier alpha value is -3.93. The molecule has 5 nitrogen and oxygen atoms in total. The van der Waals surface area contributed by atoms with Crippen molar-refractivity contribution in [2.45, 2.75) is 51.1 Å². The van der Waals surface area contributed by atoms with E-state index in [1.54, 1.807) is 29.2 Å². The fraction of sp³-hybridized carbons (Fsp3) is 0.312. The minimum absolute atomic E-state index is 0.160. The highest BCUT2D eigenvalue weighted by Crippen LogP contribution is 2.20. The van der Waals surface area contributed by atoms with Crippen LogP contribution in [0.25, 0.3) is 0 Å².